The van der Waals surface area contributed by atoms with Gasteiger partial charge in [0, 0.05) is 22.5 Å². The molecule has 0 atom stereocenters. The van der Waals surface area contributed by atoms with Crippen LogP contribution in [0.1, 0.15) is 5.56 Å². The van der Waals surface area contributed by atoms with E-state index in [1.54, 1.807) is 18.4 Å². The van der Waals surface area contributed by atoms with Gasteiger partial charge in [-0.15, -0.1) is 11.3 Å². The van der Waals surface area contributed by atoms with Crippen LogP contribution >= 0.6 is 22.9 Å². The van der Waals surface area contributed by atoms with Gasteiger partial charge in [0.2, 0.25) is 5.91 Å². The van der Waals surface area contributed by atoms with Crippen LogP contribution in [-0.4, -0.2) is 17.6 Å². The Morgan fingerprint density at radius 1 is 1.14 bits per heavy atom. The molecule has 4 aromatic rings. The maximum absolute atomic E-state index is 12.7. The fourth-order valence-electron chi connectivity index (χ4n) is 3.22. The second-order valence-corrected chi connectivity index (χ2v) is 7.81. The zero-order valence-electron chi connectivity index (χ0n) is 15.3. The number of aromatic nitrogens is 1. The van der Waals surface area contributed by atoms with Crippen molar-refractivity contribution in [2.45, 2.75) is 13.1 Å². The molecule has 0 spiro atoms. The summed E-state index contributed by atoms with van der Waals surface area (Å²) in [5.74, 6) is 0.730. The Morgan fingerprint density at radius 2 is 2.04 bits per heavy atom. The number of thiophene rings is 1. The van der Waals surface area contributed by atoms with E-state index in [1.165, 1.54) is 0 Å². The Kier molecular flexibility index (Phi) is 5.37. The molecule has 0 aliphatic carbocycles. The van der Waals surface area contributed by atoms with Crippen LogP contribution in [0, 0.1) is 0 Å². The van der Waals surface area contributed by atoms with Gasteiger partial charge in [-0.05, 0) is 53.4 Å². The molecule has 0 unspecified atom stereocenters. The number of methoxy groups -OCH3 is 1. The van der Waals surface area contributed by atoms with Crippen molar-refractivity contribution in [1.82, 2.24) is 9.88 Å². The van der Waals surface area contributed by atoms with Crippen molar-refractivity contribution in [1.29, 1.82) is 0 Å². The molecule has 1 N–H and O–H groups in total. The average molecular weight is 411 g/mol. The molecule has 0 saturated heterocycles. The first-order valence-corrected chi connectivity index (χ1v) is 10.1. The van der Waals surface area contributed by atoms with Crippen LogP contribution in [0.2, 0.25) is 5.02 Å². The van der Waals surface area contributed by atoms with Crippen molar-refractivity contribution < 1.29 is 9.53 Å². The van der Waals surface area contributed by atoms with E-state index in [1.807, 2.05) is 58.5 Å². The molecule has 6 heteroatoms. The van der Waals surface area contributed by atoms with Gasteiger partial charge < -0.3 is 14.6 Å². The first-order chi connectivity index (χ1) is 13.6. The Hall–Kier alpha value is -2.76. The SMILES string of the molecule is COc1cccc(CNC(=O)Cn2c(-c3cccs3)cc3cc(Cl)ccc32)c1. The van der Waals surface area contributed by atoms with Crippen molar-refractivity contribution in [3.63, 3.8) is 0 Å². The maximum atomic E-state index is 12.7. The summed E-state index contributed by atoms with van der Waals surface area (Å²) in [7, 11) is 1.63. The Balaban J connectivity index is 1.58. The van der Waals surface area contributed by atoms with Crippen molar-refractivity contribution in [2.24, 2.45) is 0 Å². The summed E-state index contributed by atoms with van der Waals surface area (Å²) < 4.78 is 7.28. The van der Waals surface area contributed by atoms with Gasteiger partial charge in [-0.1, -0.05) is 29.8 Å². The largest absolute Gasteiger partial charge is 0.497 e. The summed E-state index contributed by atoms with van der Waals surface area (Å²) in [5.41, 5.74) is 3.00. The van der Waals surface area contributed by atoms with E-state index in [4.69, 9.17) is 16.3 Å². The highest BCUT2D eigenvalue weighted by Crippen LogP contribution is 2.32. The molecule has 0 saturated carbocycles. The van der Waals surface area contributed by atoms with Crippen molar-refractivity contribution in [3.05, 3.63) is 76.6 Å². The molecule has 4 nitrogen and oxygen atoms in total. The van der Waals surface area contributed by atoms with Gasteiger partial charge in [0.15, 0.2) is 0 Å². The molecule has 142 valence electrons. The fraction of sp³-hybridized carbons (Fsp3) is 0.136. The lowest BCUT2D eigenvalue weighted by atomic mass is 10.2. The number of nitrogens with one attached hydrogen (secondary N) is 1. The van der Waals surface area contributed by atoms with Crippen LogP contribution < -0.4 is 10.1 Å². The number of carbonyl (C=O) groups excluding carboxylic acids is 1. The zero-order valence-corrected chi connectivity index (χ0v) is 16.9. The second-order valence-electron chi connectivity index (χ2n) is 6.42. The maximum Gasteiger partial charge on any atom is 0.240 e. The Labute approximate surface area is 172 Å². The second kappa shape index (κ2) is 8.09. The molecule has 0 aliphatic heterocycles. The number of carbonyl (C=O) groups is 1. The average Bonchev–Trinajstić information content (AvgIpc) is 3.34. The number of hydrogen-bond donors (Lipinski definition) is 1. The monoisotopic (exact) mass is 410 g/mol. The molecule has 1 amide bonds. The van der Waals surface area contributed by atoms with E-state index in [-0.39, 0.29) is 12.5 Å². The highest BCUT2D eigenvalue weighted by molar-refractivity contribution is 7.13. The molecule has 2 heterocycles. The number of amides is 1. The van der Waals surface area contributed by atoms with Gasteiger partial charge in [0.05, 0.1) is 17.7 Å². The minimum Gasteiger partial charge on any atom is -0.497 e. The molecule has 0 fully saturated rings. The molecule has 4 rings (SSSR count). The zero-order chi connectivity index (χ0) is 19.5. The number of halogens is 1. The number of ether oxygens (including phenoxy) is 1. The van der Waals surface area contributed by atoms with Crippen LogP contribution in [0.25, 0.3) is 21.5 Å². The van der Waals surface area contributed by atoms with Crippen LogP contribution in [0.5, 0.6) is 5.75 Å². The van der Waals surface area contributed by atoms with Gasteiger partial charge in [0.1, 0.15) is 12.3 Å². The number of benzene rings is 2. The smallest absolute Gasteiger partial charge is 0.240 e. The van der Waals surface area contributed by atoms with E-state index in [0.717, 1.165) is 32.8 Å². The van der Waals surface area contributed by atoms with E-state index >= 15 is 0 Å². The van der Waals surface area contributed by atoms with Gasteiger partial charge in [-0.3, -0.25) is 4.79 Å². The van der Waals surface area contributed by atoms with Crippen LogP contribution in [0.15, 0.2) is 66.0 Å². The molecule has 2 aromatic heterocycles. The third-order valence-corrected chi connectivity index (χ3v) is 5.69. The van der Waals surface area contributed by atoms with Crippen molar-refractivity contribution in [2.75, 3.05) is 7.11 Å². The van der Waals surface area contributed by atoms with Crippen LogP contribution in [0.3, 0.4) is 0 Å². The third-order valence-electron chi connectivity index (χ3n) is 4.56. The number of nitrogens with zero attached hydrogens (tertiary/aromatic N) is 1. The van der Waals surface area contributed by atoms with Crippen molar-refractivity contribution in [3.8, 4) is 16.3 Å². The number of rotatable bonds is 6. The molecule has 0 radical (unpaired) electrons. The van der Waals surface area contributed by atoms with Gasteiger partial charge in [-0.25, -0.2) is 0 Å². The summed E-state index contributed by atoms with van der Waals surface area (Å²) >= 11 is 7.81. The summed E-state index contributed by atoms with van der Waals surface area (Å²) in [5, 5.41) is 6.74. The minimum atomic E-state index is -0.0481. The predicted octanol–water partition coefficient (Wildman–Crippen LogP) is 5.35. The van der Waals surface area contributed by atoms with Crippen LogP contribution in [0.4, 0.5) is 0 Å². The number of fused-ring (bicyclic) bond motifs is 1. The standard InChI is InChI=1S/C22H19ClN2O2S/c1-27-18-5-2-4-15(10-18)13-24-22(26)14-25-19-8-7-17(23)11-16(19)12-20(25)21-6-3-9-28-21/h2-12H,13-14H2,1H3,(H,24,26). The van der Waals surface area contributed by atoms with Gasteiger partial charge >= 0.3 is 0 Å². The molecule has 28 heavy (non-hydrogen) atoms. The lowest BCUT2D eigenvalue weighted by molar-refractivity contribution is -0.121. The lowest BCUT2D eigenvalue weighted by Crippen LogP contribution is -2.27. The summed E-state index contributed by atoms with van der Waals surface area (Å²) in [4.78, 5) is 13.8. The number of hydrogen-bond acceptors (Lipinski definition) is 3. The van der Waals surface area contributed by atoms with E-state index in [9.17, 15) is 4.79 Å². The Bertz CT molecular complexity index is 1120. The lowest BCUT2D eigenvalue weighted by Gasteiger charge is -2.11. The molecule has 0 bridgehead atoms. The molecular formula is C22H19ClN2O2S. The van der Waals surface area contributed by atoms with Gasteiger partial charge in [0.25, 0.3) is 0 Å². The quantitative estimate of drug-likeness (QED) is 0.465. The normalized spacial score (nSPS) is 10.9. The fourth-order valence-corrected chi connectivity index (χ4v) is 4.15. The third kappa shape index (κ3) is 3.91. The van der Waals surface area contributed by atoms with Crippen LogP contribution in [-0.2, 0) is 17.9 Å². The Morgan fingerprint density at radius 3 is 2.82 bits per heavy atom. The summed E-state index contributed by atoms with van der Waals surface area (Å²) in [6.45, 7) is 0.692. The highest BCUT2D eigenvalue weighted by atomic mass is 35.5. The first kappa shape index (κ1) is 18.6. The summed E-state index contributed by atoms with van der Waals surface area (Å²) in [6.07, 6.45) is 0. The minimum absolute atomic E-state index is 0.0481. The van der Waals surface area contributed by atoms with E-state index in [0.29, 0.717) is 11.6 Å². The van der Waals surface area contributed by atoms with Crippen molar-refractivity contribution >= 4 is 39.7 Å². The molecular weight excluding hydrogens is 392 g/mol. The van der Waals surface area contributed by atoms with E-state index < -0.39 is 0 Å². The molecule has 2 aromatic carbocycles. The molecule has 0 aliphatic rings. The first-order valence-electron chi connectivity index (χ1n) is 8.86. The highest BCUT2D eigenvalue weighted by Gasteiger charge is 2.14. The predicted molar refractivity (Wildman–Crippen MR) is 115 cm³/mol. The van der Waals surface area contributed by atoms with E-state index in [2.05, 4.69) is 17.4 Å². The topological polar surface area (TPSA) is 43.3 Å². The summed E-state index contributed by atoms with van der Waals surface area (Å²) in [6, 6.07) is 19.6. The van der Waals surface area contributed by atoms with Gasteiger partial charge in [-0.2, -0.15) is 0 Å².